The maximum atomic E-state index is 10.8. The van der Waals surface area contributed by atoms with Crippen LogP contribution < -0.4 is 14.8 Å². The molecule has 0 saturated carbocycles. The van der Waals surface area contributed by atoms with Crippen molar-refractivity contribution in [1.29, 1.82) is 0 Å². The Kier molecular flexibility index (Phi) is 3.82. The third-order valence-corrected chi connectivity index (χ3v) is 3.97. The van der Waals surface area contributed by atoms with E-state index in [1.807, 2.05) is 30.3 Å². The molecule has 110 valence electrons. The van der Waals surface area contributed by atoms with Crippen molar-refractivity contribution in [3.05, 3.63) is 59.2 Å². The van der Waals surface area contributed by atoms with Crippen LogP contribution in [0.15, 0.2) is 42.5 Å². The number of hydrogen-bond donors (Lipinski definition) is 2. The highest BCUT2D eigenvalue weighted by molar-refractivity contribution is 5.49. The molecule has 21 heavy (non-hydrogen) atoms. The van der Waals surface area contributed by atoms with Crippen LogP contribution >= 0.6 is 0 Å². The number of aliphatic hydroxyl groups is 1. The molecule has 4 nitrogen and oxygen atoms in total. The molecule has 0 aromatic heterocycles. The van der Waals surface area contributed by atoms with Gasteiger partial charge in [-0.1, -0.05) is 36.4 Å². The summed E-state index contributed by atoms with van der Waals surface area (Å²) in [7, 11) is 3.18. The monoisotopic (exact) mass is 285 g/mol. The predicted octanol–water partition coefficient (Wildman–Crippen LogP) is 2.58. The average molecular weight is 285 g/mol. The summed E-state index contributed by atoms with van der Waals surface area (Å²) < 4.78 is 10.7. The normalized spacial score (nSPS) is 18.1. The summed E-state index contributed by atoms with van der Waals surface area (Å²) in [5.41, 5.74) is 3.09. The van der Waals surface area contributed by atoms with Crippen LogP contribution in [-0.2, 0) is 6.54 Å². The largest absolute Gasteiger partial charge is 0.493 e. The Morgan fingerprint density at radius 1 is 1.10 bits per heavy atom. The molecule has 0 fully saturated rings. The third-order valence-electron chi connectivity index (χ3n) is 3.97. The second-order valence-corrected chi connectivity index (χ2v) is 5.08. The van der Waals surface area contributed by atoms with Gasteiger partial charge in [-0.05, 0) is 17.2 Å². The first kappa shape index (κ1) is 13.9. The van der Waals surface area contributed by atoms with Crippen molar-refractivity contribution >= 4 is 0 Å². The molecule has 2 aromatic carbocycles. The lowest BCUT2D eigenvalue weighted by atomic mass is 9.95. The second-order valence-electron chi connectivity index (χ2n) is 5.08. The minimum Gasteiger partial charge on any atom is -0.493 e. The first-order valence-electron chi connectivity index (χ1n) is 6.96. The van der Waals surface area contributed by atoms with E-state index in [2.05, 4.69) is 17.4 Å². The molecule has 0 radical (unpaired) electrons. The number of aliphatic hydroxyl groups excluding tert-OH is 1. The first-order chi connectivity index (χ1) is 10.3. The van der Waals surface area contributed by atoms with Gasteiger partial charge in [-0.15, -0.1) is 0 Å². The highest BCUT2D eigenvalue weighted by atomic mass is 16.5. The molecular weight excluding hydrogens is 266 g/mol. The van der Waals surface area contributed by atoms with Gasteiger partial charge in [0.1, 0.15) is 6.10 Å². The fourth-order valence-electron chi connectivity index (χ4n) is 2.93. The number of hydrogen-bond acceptors (Lipinski definition) is 4. The Labute approximate surface area is 124 Å². The van der Waals surface area contributed by atoms with Crippen LogP contribution in [0.25, 0.3) is 0 Å². The van der Waals surface area contributed by atoms with Gasteiger partial charge in [0.25, 0.3) is 0 Å². The Morgan fingerprint density at radius 2 is 1.90 bits per heavy atom. The summed E-state index contributed by atoms with van der Waals surface area (Å²) in [6.45, 7) is 0.768. The number of ether oxygens (including phenoxy) is 2. The second kappa shape index (κ2) is 5.76. The Morgan fingerprint density at radius 3 is 2.67 bits per heavy atom. The molecule has 0 spiro atoms. The fraction of sp³-hybridized carbons (Fsp3) is 0.294. The van der Waals surface area contributed by atoms with Gasteiger partial charge in [-0.2, -0.15) is 0 Å². The van der Waals surface area contributed by atoms with Crippen LogP contribution in [0.5, 0.6) is 11.5 Å². The Balaban J connectivity index is 1.99. The summed E-state index contributed by atoms with van der Waals surface area (Å²) in [5.74, 6) is 1.21. The first-order valence-corrected chi connectivity index (χ1v) is 6.96. The summed E-state index contributed by atoms with van der Waals surface area (Å²) in [5, 5.41) is 14.2. The molecular formula is C17H19NO3. The van der Waals surface area contributed by atoms with Gasteiger partial charge in [-0.25, -0.2) is 0 Å². The van der Waals surface area contributed by atoms with E-state index in [4.69, 9.17) is 9.47 Å². The van der Waals surface area contributed by atoms with Crippen molar-refractivity contribution in [2.45, 2.75) is 18.7 Å². The minimum absolute atomic E-state index is 0.137. The van der Waals surface area contributed by atoms with Crippen LogP contribution in [0, 0.1) is 0 Å². The third kappa shape index (κ3) is 2.37. The molecule has 1 heterocycles. The number of methoxy groups -OCH3 is 2. The summed E-state index contributed by atoms with van der Waals surface area (Å²) in [6.07, 6.45) is -0.696. The van der Waals surface area contributed by atoms with Crippen molar-refractivity contribution in [3.63, 3.8) is 0 Å². The number of para-hydroxylation sites is 1. The number of benzene rings is 2. The molecule has 2 N–H and O–H groups in total. The molecule has 0 amide bonds. The lowest BCUT2D eigenvalue weighted by molar-refractivity contribution is 0.129. The number of fused-ring (bicyclic) bond motifs is 1. The molecule has 0 saturated heterocycles. The molecule has 2 atom stereocenters. The van der Waals surface area contributed by atoms with Crippen molar-refractivity contribution in [1.82, 2.24) is 5.32 Å². The topological polar surface area (TPSA) is 50.7 Å². The van der Waals surface area contributed by atoms with E-state index in [-0.39, 0.29) is 6.04 Å². The standard InChI is InChI=1S/C17H19NO3/c1-20-14-9-5-8-13(17(14)21-2)16(19)15-12-7-4-3-6-11(12)10-18-15/h3-9,15-16,18-19H,10H2,1-2H3. The molecule has 1 aliphatic heterocycles. The molecule has 0 bridgehead atoms. The van der Waals surface area contributed by atoms with Gasteiger partial charge in [0, 0.05) is 12.1 Å². The van der Waals surface area contributed by atoms with E-state index in [1.54, 1.807) is 14.2 Å². The van der Waals surface area contributed by atoms with Crippen molar-refractivity contribution in [2.75, 3.05) is 14.2 Å². The summed E-state index contributed by atoms with van der Waals surface area (Å²) in [4.78, 5) is 0. The zero-order valence-electron chi connectivity index (χ0n) is 12.2. The van der Waals surface area contributed by atoms with E-state index in [0.29, 0.717) is 11.5 Å². The smallest absolute Gasteiger partial charge is 0.166 e. The van der Waals surface area contributed by atoms with Crippen molar-refractivity contribution in [2.24, 2.45) is 0 Å². The highest BCUT2D eigenvalue weighted by Crippen LogP contribution is 2.41. The zero-order chi connectivity index (χ0) is 14.8. The van der Waals surface area contributed by atoms with Gasteiger partial charge >= 0.3 is 0 Å². The van der Waals surface area contributed by atoms with Crippen LogP contribution in [0.1, 0.15) is 28.8 Å². The lowest BCUT2D eigenvalue weighted by Crippen LogP contribution is -2.20. The van der Waals surface area contributed by atoms with E-state index < -0.39 is 6.10 Å². The Bertz CT molecular complexity index is 642. The highest BCUT2D eigenvalue weighted by Gasteiger charge is 2.31. The average Bonchev–Trinajstić information content (AvgIpc) is 2.97. The fourth-order valence-corrected chi connectivity index (χ4v) is 2.93. The van der Waals surface area contributed by atoms with Crippen LogP contribution in [-0.4, -0.2) is 19.3 Å². The Hall–Kier alpha value is -2.04. The number of rotatable bonds is 4. The van der Waals surface area contributed by atoms with Crippen molar-refractivity contribution in [3.8, 4) is 11.5 Å². The SMILES string of the molecule is COc1cccc(C(O)C2NCc3ccccc32)c1OC. The quantitative estimate of drug-likeness (QED) is 0.906. The van der Waals surface area contributed by atoms with E-state index >= 15 is 0 Å². The summed E-state index contributed by atoms with van der Waals surface area (Å²) in [6, 6.07) is 13.6. The molecule has 2 aromatic rings. The van der Waals surface area contributed by atoms with Gasteiger partial charge in [0.2, 0.25) is 0 Å². The van der Waals surface area contributed by atoms with Gasteiger partial charge in [0.15, 0.2) is 11.5 Å². The van der Waals surface area contributed by atoms with E-state index in [9.17, 15) is 5.11 Å². The minimum atomic E-state index is -0.696. The van der Waals surface area contributed by atoms with Crippen molar-refractivity contribution < 1.29 is 14.6 Å². The van der Waals surface area contributed by atoms with Crippen LogP contribution in [0.2, 0.25) is 0 Å². The maximum Gasteiger partial charge on any atom is 0.166 e. The predicted molar refractivity (Wildman–Crippen MR) is 80.5 cm³/mol. The lowest BCUT2D eigenvalue weighted by Gasteiger charge is -2.23. The molecule has 1 aliphatic rings. The number of nitrogens with one attached hydrogen (secondary N) is 1. The van der Waals surface area contributed by atoms with E-state index in [1.165, 1.54) is 5.56 Å². The molecule has 4 heteroatoms. The molecule has 0 aliphatic carbocycles. The maximum absolute atomic E-state index is 10.8. The molecule has 3 rings (SSSR count). The molecule has 2 unspecified atom stereocenters. The van der Waals surface area contributed by atoms with Gasteiger partial charge in [-0.3, -0.25) is 0 Å². The van der Waals surface area contributed by atoms with Crippen LogP contribution in [0.3, 0.4) is 0 Å². The summed E-state index contributed by atoms with van der Waals surface area (Å²) >= 11 is 0. The van der Waals surface area contributed by atoms with Crippen LogP contribution in [0.4, 0.5) is 0 Å². The zero-order valence-corrected chi connectivity index (χ0v) is 12.2. The van der Waals surface area contributed by atoms with Gasteiger partial charge < -0.3 is 19.9 Å². The van der Waals surface area contributed by atoms with Gasteiger partial charge in [0.05, 0.1) is 20.3 Å². The van der Waals surface area contributed by atoms with E-state index in [0.717, 1.165) is 17.7 Å².